The molecule has 2 atom stereocenters. The van der Waals surface area contributed by atoms with E-state index in [0.29, 0.717) is 0 Å². The van der Waals surface area contributed by atoms with Crippen LogP contribution >= 0.6 is 0 Å². The van der Waals surface area contributed by atoms with Crippen molar-refractivity contribution in [1.29, 1.82) is 0 Å². The van der Waals surface area contributed by atoms with Crippen LogP contribution in [0.1, 0.15) is 25.7 Å². The number of hydrogen-bond donors (Lipinski definition) is 1. The molecule has 0 heterocycles. The molecule has 1 saturated carbocycles. The van der Waals surface area contributed by atoms with Crippen LogP contribution in [-0.2, 0) is 9.53 Å². The molecule has 1 aliphatic carbocycles. The maximum absolute atomic E-state index is 11.9. The van der Waals surface area contributed by atoms with Crippen LogP contribution in [0, 0.1) is 5.92 Å². The van der Waals surface area contributed by atoms with E-state index in [1.807, 2.05) is 18.2 Å². The van der Waals surface area contributed by atoms with Crippen molar-refractivity contribution >= 4 is 11.7 Å². The summed E-state index contributed by atoms with van der Waals surface area (Å²) in [4.78, 5) is 14.1. The average Bonchev–Trinajstić information content (AvgIpc) is 2.87. The summed E-state index contributed by atoms with van der Waals surface area (Å²) in [5.74, 6) is -0.0523. The van der Waals surface area contributed by atoms with Crippen molar-refractivity contribution < 1.29 is 9.53 Å². The van der Waals surface area contributed by atoms with E-state index in [1.165, 1.54) is 12.8 Å². The molecule has 0 spiro atoms. The van der Waals surface area contributed by atoms with Gasteiger partial charge in [-0.05, 0) is 37.3 Å². The first-order valence-electron chi connectivity index (χ1n) is 7.21. The molecule has 0 saturated heterocycles. The minimum absolute atomic E-state index is 0.209. The molecule has 20 heavy (non-hydrogen) atoms. The van der Waals surface area contributed by atoms with Crippen LogP contribution in [-0.4, -0.2) is 32.2 Å². The molecule has 0 bridgehead atoms. The first-order valence-corrected chi connectivity index (χ1v) is 7.21. The van der Waals surface area contributed by atoms with Gasteiger partial charge in [0.2, 0.25) is 0 Å². The third-order valence-corrected chi connectivity index (χ3v) is 4.45. The van der Waals surface area contributed by atoms with Crippen LogP contribution in [0.5, 0.6) is 0 Å². The number of ether oxygens (including phenoxy) is 1. The van der Waals surface area contributed by atoms with Crippen molar-refractivity contribution in [3.05, 3.63) is 30.3 Å². The van der Waals surface area contributed by atoms with Gasteiger partial charge in [0.05, 0.1) is 7.11 Å². The van der Waals surface area contributed by atoms with Crippen molar-refractivity contribution in [2.75, 3.05) is 25.6 Å². The van der Waals surface area contributed by atoms with E-state index in [-0.39, 0.29) is 11.9 Å². The number of anilines is 1. The van der Waals surface area contributed by atoms with Gasteiger partial charge in [-0.25, -0.2) is 0 Å². The molecular weight excluding hydrogens is 252 g/mol. The van der Waals surface area contributed by atoms with Gasteiger partial charge in [-0.1, -0.05) is 24.6 Å². The van der Waals surface area contributed by atoms with E-state index in [2.05, 4.69) is 24.1 Å². The highest BCUT2D eigenvalue weighted by Crippen LogP contribution is 2.37. The standard InChI is InChI=1S/C16H24N2O2/c1-18(14-8-4-3-5-9-14)12-10-13-7-6-11-16(13,17)15(19)20-2/h3-5,8-9,13H,6-7,10-12,17H2,1-2H3. The SMILES string of the molecule is COC(=O)C1(N)CCCC1CCN(C)c1ccccc1. The van der Waals surface area contributed by atoms with Gasteiger partial charge < -0.3 is 15.4 Å². The summed E-state index contributed by atoms with van der Waals surface area (Å²) in [6, 6.07) is 10.2. The summed E-state index contributed by atoms with van der Waals surface area (Å²) in [5, 5.41) is 0. The number of rotatable bonds is 5. The van der Waals surface area contributed by atoms with E-state index in [1.54, 1.807) is 0 Å². The van der Waals surface area contributed by atoms with Gasteiger partial charge in [-0.2, -0.15) is 0 Å². The monoisotopic (exact) mass is 276 g/mol. The van der Waals surface area contributed by atoms with E-state index in [9.17, 15) is 4.79 Å². The number of benzene rings is 1. The van der Waals surface area contributed by atoms with Crippen LogP contribution in [0.3, 0.4) is 0 Å². The number of hydrogen-bond acceptors (Lipinski definition) is 4. The molecule has 0 amide bonds. The van der Waals surface area contributed by atoms with Crippen molar-refractivity contribution in [3.63, 3.8) is 0 Å². The summed E-state index contributed by atoms with van der Waals surface area (Å²) >= 11 is 0. The summed E-state index contributed by atoms with van der Waals surface area (Å²) in [6.45, 7) is 0.893. The van der Waals surface area contributed by atoms with Gasteiger partial charge in [0.15, 0.2) is 0 Å². The highest BCUT2D eigenvalue weighted by Gasteiger charge is 2.46. The summed E-state index contributed by atoms with van der Waals surface area (Å²) in [7, 11) is 3.49. The Hall–Kier alpha value is -1.55. The van der Waals surface area contributed by atoms with Crippen molar-refractivity contribution in [3.8, 4) is 0 Å². The van der Waals surface area contributed by atoms with E-state index >= 15 is 0 Å². The molecule has 1 aromatic rings. The minimum Gasteiger partial charge on any atom is -0.468 e. The van der Waals surface area contributed by atoms with Crippen LogP contribution in [0.4, 0.5) is 5.69 Å². The van der Waals surface area contributed by atoms with Gasteiger partial charge in [0.1, 0.15) is 5.54 Å². The minimum atomic E-state index is -0.785. The van der Waals surface area contributed by atoms with Gasteiger partial charge >= 0.3 is 5.97 Å². The van der Waals surface area contributed by atoms with Crippen LogP contribution < -0.4 is 10.6 Å². The Bertz CT molecular complexity index is 449. The number of esters is 1. The average molecular weight is 276 g/mol. The fourth-order valence-corrected chi connectivity index (χ4v) is 3.12. The van der Waals surface area contributed by atoms with E-state index in [0.717, 1.165) is 32.2 Å². The summed E-state index contributed by atoms with van der Waals surface area (Å²) in [6.07, 6.45) is 3.66. The van der Waals surface area contributed by atoms with Crippen molar-refractivity contribution in [2.24, 2.45) is 11.7 Å². The molecule has 2 rings (SSSR count). The molecule has 1 fully saturated rings. The topological polar surface area (TPSA) is 55.6 Å². The third kappa shape index (κ3) is 2.96. The summed E-state index contributed by atoms with van der Waals surface area (Å²) in [5.41, 5.74) is 6.69. The second-order valence-electron chi connectivity index (χ2n) is 5.67. The van der Waals surface area contributed by atoms with Gasteiger partial charge in [-0.15, -0.1) is 0 Å². The number of para-hydroxylation sites is 1. The Morgan fingerprint density at radius 2 is 2.15 bits per heavy atom. The highest BCUT2D eigenvalue weighted by molar-refractivity contribution is 5.81. The first kappa shape index (κ1) is 14.9. The molecule has 4 heteroatoms. The lowest BCUT2D eigenvalue weighted by molar-refractivity contribution is -0.148. The number of methoxy groups -OCH3 is 1. The molecule has 2 N–H and O–H groups in total. The predicted molar refractivity (Wildman–Crippen MR) is 80.6 cm³/mol. The van der Waals surface area contributed by atoms with Gasteiger partial charge in [-0.3, -0.25) is 4.79 Å². The Labute approximate surface area is 120 Å². The first-order chi connectivity index (χ1) is 9.58. The smallest absolute Gasteiger partial charge is 0.326 e. The molecule has 0 aromatic heterocycles. The lowest BCUT2D eigenvalue weighted by Gasteiger charge is -2.30. The summed E-state index contributed by atoms with van der Waals surface area (Å²) < 4.78 is 4.88. The van der Waals surface area contributed by atoms with Crippen molar-refractivity contribution in [2.45, 2.75) is 31.2 Å². The second-order valence-corrected chi connectivity index (χ2v) is 5.67. The maximum Gasteiger partial charge on any atom is 0.326 e. The van der Waals surface area contributed by atoms with Gasteiger partial charge in [0.25, 0.3) is 0 Å². The van der Waals surface area contributed by atoms with E-state index in [4.69, 9.17) is 10.5 Å². The number of nitrogens with zero attached hydrogens (tertiary/aromatic N) is 1. The van der Waals surface area contributed by atoms with Crippen molar-refractivity contribution in [1.82, 2.24) is 0 Å². The fourth-order valence-electron chi connectivity index (χ4n) is 3.12. The Kier molecular flexibility index (Phi) is 4.65. The lowest BCUT2D eigenvalue weighted by atomic mass is 9.85. The fraction of sp³-hybridized carbons (Fsp3) is 0.562. The molecule has 2 unspecified atom stereocenters. The third-order valence-electron chi connectivity index (χ3n) is 4.45. The van der Waals surface area contributed by atoms with Crippen LogP contribution in [0.25, 0.3) is 0 Å². The molecule has 0 radical (unpaired) electrons. The molecule has 1 aliphatic rings. The maximum atomic E-state index is 11.9. The normalized spacial score (nSPS) is 25.4. The molecule has 110 valence electrons. The largest absolute Gasteiger partial charge is 0.468 e. The van der Waals surface area contributed by atoms with E-state index < -0.39 is 5.54 Å². The number of carbonyl (C=O) groups is 1. The Balaban J connectivity index is 1.95. The Morgan fingerprint density at radius 1 is 1.45 bits per heavy atom. The predicted octanol–water partition coefficient (Wildman–Crippen LogP) is 2.18. The lowest BCUT2D eigenvalue weighted by Crippen LogP contribution is -2.52. The molecule has 0 aliphatic heterocycles. The molecule has 1 aromatic carbocycles. The molecular formula is C16H24N2O2. The highest BCUT2D eigenvalue weighted by atomic mass is 16.5. The van der Waals surface area contributed by atoms with Crippen LogP contribution in [0.2, 0.25) is 0 Å². The molecule has 4 nitrogen and oxygen atoms in total. The zero-order chi connectivity index (χ0) is 14.6. The number of carbonyl (C=O) groups excluding carboxylic acids is 1. The van der Waals surface area contributed by atoms with Crippen LogP contribution in [0.15, 0.2) is 30.3 Å². The number of nitrogens with two attached hydrogens (primary N) is 1. The zero-order valence-electron chi connectivity index (χ0n) is 12.3. The quantitative estimate of drug-likeness (QED) is 0.838. The second kappa shape index (κ2) is 6.27. The Morgan fingerprint density at radius 3 is 2.80 bits per heavy atom. The zero-order valence-corrected chi connectivity index (χ0v) is 12.3. The van der Waals surface area contributed by atoms with Gasteiger partial charge in [0, 0.05) is 19.3 Å².